The van der Waals surface area contributed by atoms with E-state index in [1.165, 1.54) is 55.3 Å². The Balaban J connectivity index is 1.75. The number of hydrogen-bond donors (Lipinski definition) is 2. The van der Waals surface area contributed by atoms with Crippen LogP contribution in [0.25, 0.3) is 16.9 Å². The van der Waals surface area contributed by atoms with E-state index in [-0.39, 0.29) is 22.5 Å². The highest BCUT2D eigenvalue weighted by Gasteiger charge is 2.20. The molecular formula is C27H25N5O7. The molecule has 1 heterocycles. The summed E-state index contributed by atoms with van der Waals surface area (Å²) in [6, 6.07) is 17.2. The van der Waals surface area contributed by atoms with Gasteiger partial charge in [-0.15, -0.1) is 0 Å². The number of hydrazone groups is 1. The van der Waals surface area contributed by atoms with E-state index >= 15 is 0 Å². The van der Waals surface area contributed by atoms with Crippen molar-refractivity contribution in [3.05, 3.63) is 98.3 Å². The second-order valence-electron chi connectivity index (χ2n) is 8.24. The van der Waals surface area contributed by atoms with Gasteiger partial charge >= 0.3 is 0 Å². The Kier molecular flexibility index (Phi) is 7.75. The van der Waals surface area contributed by atoms with Gasteiger partial charge in [0.25, 0.3) is 17.2 Å². The van der Waals surface area contributed by atoms with E-state index in [0.29, 0.717) is 34.2 Å². The van der Waals surface area contributed by atoms with Crippen molar-refractivity contribution in [2.75, 3.05) is 21.3 Å². The molecule has 0 spiro atoms. The summed E-state index contributed by atoms with van der Waals surface area (Å²) in [6.07, 6.45) is 0. The third-order valence-electron chi connectivity index (χ3n) is 5.89. The van der Waals surface area contributed by atoms with Crippen molar-refractivity contribution >= 4 is 17.3 Å². The number of hydrogen-bond acceptors (Lipinski definition) is 8. The van der Waals surface area contributed by atoms with Gasteiger partial charge in [-0.1, -0.05) is 0 Å². The maximum absolute atomic E-state index is 13.6. The summed E-state index contributed by atoms with van der Waals surface area (Å²) in [7, 11) is 4.49. The fourth-order valence-electron chi connectivity index (χ4n) is 3.84. The molecule has 0 saturated carbocycles. The molecule has 0 radical (unpaired) electrons. The van der Waals surface area contributed by atoms with Gasteiger partial charge < -0.3 is 14.2 Å². The van der Waals surface area contributed by atoms with E-state index < -0.39 is 16.4 Å². The number of carbonyl (C=O) groups is 1. The molecule has 0 unspecified atom stereocenters. The van der Waals surface area contributed by atoms with E-state index in [1.807, 2.05) is 0 Å². The van der Waals surface area contributed by atoms with E-state index in [1.54, 1.807) is 44.4 Å². The van der Waals surface area contributed by atoms with Gasteiger partial charge in [0.2, 0.25) is 0 Å². The van der Waals surface area contributed by atoms with Crippen LogP contribution in [0.1, 0.15) is 22.8 Å². The number of aromatic nitrogens is 2. The topological polar surface area (TPSA) is 150 Å². The molecule has 0 bridgehead atoms. The van der Waals surface area contributed by atoms with Crippen LogP contribution in [-0.4, -0.2) is 47.7 Å². The Bertz CT molecular complexity index is 1580. The minimum absolute atomic E-state index is 0.108. The maximum Gasteiger partial charge on any atom is 0.281 e. The van der Waals surface area contributed by atoms with E-state index in [4.69, 9.17) is 14.2 Å². The third kappa shape index (κ3) is 5.64. The van der Waals surface area contributed by atoms with Crippen molar-refractivity contribution in [2.24, 2.45) is 5.10 Å². The average Bonchev–Trinajstić information content (AvgIpc) is 3.32. The summed E-state index contributed by atoms with van der Waals surface area (Å²) in [4.78, 5) is 37.0. The predicted molar refractivity (Wildman–Crippen MR) is 144 cm³/mol. The largest absolute Gasteiger partial charge is 0.497 e. The summed E-state index contributed by atoms with van der Waals surface area (Å²) in [5.74, 6) is 0.949. The predicted octanol–water partition coefficient (Wildman–Crippen LogP) is 3.92. The number of nitrogens with one attached hydrogen (secondary N) is 2. The standard InChI is InChI=1S/C27H25N5O7/c1-16(28-29-26(33)18-13-22(38-3)15-23(14-18)39-4)24-25(17-5-11-21(37-2)12-6-17)30-31(27(24)34)19-7-9-20(10-8-19)32(35)36/h5-15,30H,1-4H3,(H,29,33). The van der Waals surface area contributed by atoms with E-state index in [9.17, 15) is 19.7 Å². The van der Waals surface area contributed by atoms with Crippen LogP contribution < -0.4 is 25.2 Å². The molecule has 4 aromatic rings. The van der Waals surface area contributed by atoms with Gasteiger partial charge in [0.15, 0.2) is 0 Å². The molecule has 0 aliphatic carbocycles. The fraction of sp³-hybridized carbons (Fsp3) is 0.148. The first-order chi connectivity index (χ1) is 18.7. The molecule has 0 atom stereocenters. The second-order valence-corrected chi connectivity index (χ2v) is 8.24. The number of nitro benzene ring substituents is 1. The van der Waals surface area contributed by atoms with Crippen LogP contribution in [0, 0.1) is 10.1 Å². The molecule has 4 rings (SSSR count). The van der Waals surface area contributed by atoms with Crippen molar-refractivity contribution in [2.45, 2.75) is 6.92 Å². The number of non-ortho nitro benzene ring substituents is 1. The van der Waals surface area contributed by atoms with Gasteiger partial charge in [0, 0.05) is 29.3 Å². The minimum atomic E-state index is -0.538. The Morgan fingerprint density at radius 2 is 1.51 bits per heavy atom. The number of benzene rings is 3. The van der Waals surface area contributed by atoms with Crippen molar-refractivity contribution < 1.29 is 23.9 Å². The van der Waals surface area contributed by atoms with Crippen LogP contribution in [-0.2, 0) is 0 Å². The number of ether oxygens (including phenoxy) is 3. The minimum Gasteiger partial charge on any atom is -0.497 e. The number of amides is 1. The zero-order valence-corrected chi connectivity index (χ0v) is 21.6. The lowest BCUT2D eigenvalue weighted by molar-refractivity contribution is -0.384. The van der Waals surface area contributed by atoms with Crippen molar-refractivity contribution in [1.29, 1.82) is 0 Å². The van der Waals surface area contributed by atoms with Gasteiger partial charge in [0.1, 0.15) is 17.2 Å². The molecule has 1 amide bonds. The molecule has 1 aromatic heterocycles. The molecular weight excluding hydrogens is 506 g/mol. The summed E-state index contributed by atoms with van der Waals surface area (Å²) in [5, 5.41) is 18.3. The second kappa shape index (κ2) is 11.3. The average molecular weight is 532 g/mol. The highest BCUT2D eigenvalue weighted by Crippen LogP contribution is 2.25. The molecule has 0 aliphatic heterocycles. The highest BCUT2D eigenvalue weighted by molar-refractivity contribution is 6.04. The van der Waals surface area contributed by atoms with Crippen LogP contribution in [0.2, 0.25) is 0 Å². The molecule has 12 nitrogen and oxygen atoms in total. The first kappa shape index (κ1) is 26.7. The highest BCUT2D eigenvalue weighted by atomic mass is 16.6. The van der Waals surface area contributed by atoms with Gasteiger partial charge in [-0.3, -0.25) is 24.8 Å². The van der Waals surface area contributed by atoms with Gasteiger partial charge in [-0.05, 0) is 55.5 Å². The van der Waals surface area contributed by atoms with Crippen LogP contribution in [0.3, 0.4) is 0 Å². The molecule has 39 heavy (non-hydrogen) atoms. The quantitative estimate of drug-likeness (QED) is 0.189. The Morgan fingerprint density at radius 1 is 0.923 bits per heavy atom. The fourth-order valence-corrected chi connectivity index (χ4v) is 3.84. The first-order valence-corrected chi connectivity index (χ1v) is 11.6. The molecule has 12 heteroatoms. The lowest BCUT2D eigenvalue weighted by atomic mass is 10.1. The Hall–Kier alpha value is -5.39. The van der Waals surface area contributed by atoms with Gasteiger partial charge in [0.05, 0.1) is 48.9 Å². The number of nitrogens with zero attached hydrogens (tertiary/aromatic N) is 3. The Labute approximate surface area is 222 Å². The SMILES string of the molecule is COc1ccc(-c2[nH]n(-c3ccc([N+](=O)[O-])cc3)c(=O)c2C(C)=NNC(=O)c2cc(OC)cc(OC)c2)cc1. The van der Waals surface area contributed by atoms with Gasteiger partial charge in [-0.25, -0.2) is 10.1 Å². The summed E-state index contributed by atoms with van der Waals surface area (Å²) in [6.45, 7) is 1.59. The number of nitro groups is 1. The zero-order chi connectivity index (χ0) is 28.1. The Morgan fingerprint density at radius 3 is 2.05 bits per heavy atom. The molecule has 3 aromatic carbocycles. The van der Waals surface area contributed by atoms with Crippen LogP contribution >= 0.6 is 0 Å². The number of carbonyl (C=O) groups excluding carboxylic acids is 1. The van der Waals surface area contributed by atoms with Crippen LogP contribution in [0.4, 0.5) is 5.69 Å². The number of H-pyrrole nitrogens is 1. The molecule has 0 aliphatic rings. The molecule has 0 fully saturated rings. The normalized spacial score (nSPS) is 11.1. The van der Waals surface area contributed by atoms with Crippen LogP contribution in [0.15, 0.2) is 76.6 Å². The third-order valence-corrected chi connectivity index (χ3v) is 5.89. The van der Waals surface area contributed by atoms with E-state index in [0.717, 1.165) is 0 Å². The van der Waals surface area contributed by atoms with E-state index in [2.05, 4.69) is 15.6 Å². The summed E-state index contributed by atoms with van der Waals surface area (Å²) >= 11 is 0. The number of rotatable bonds is 9. The van der Waals surface area contributed by atoms with Crippen LogP contribution in [0.5, 0.6) is 17.2 Å². The van der Waals surface area contributed by atoms with Crippen molar-refractivity contribution in [1.82, 2.24) is 15.2 Å². The summed E-state index contributed by atoms with van der Waals surface area (Å²) in [5.41, 5.74) is 4.04. The first-order valence-electron chi connectivity index (χ1n) is 11.6. The number of aromatic amines is 1. The number of methoxy groups -OCH3 is 3. The summed E-state index contributed by atoms with van der Waals surface area (Å²) < 4.78 is 16.9. The van der Waals surface area contributed by atoms with Crippen molar-refractivity contribution in [3.8, 4) is 34.2 Å². The lowest BCUT2D eigenvalue weighted by Crippen LogP contribution is -2.23. The van der Waals surface area contributed by atoms with Crippen molar-refractivity contribution in [3.63, 3.8) is 0 Å². The molecule has 200 valence electrons. The molecule has 2 N–H and O–H groups in total. The van der Waals surface area contributed by atoms with Gasteiger partial charge in [-0.2, -0.15) is 5.10 Å². The zero-order valence-electron chi connectivity index (χ0n) is 21.6. The smallest absolute Gasteiger partial charge is 0.281 e. The monoisotopic (exact) mass is 531 g/mol. The molecule has 0 saturated heterocycles. The maximum atomic E-state index is 13.6. The lowest BCUT2D eigenvalue weighted by Gasteiger charge is -2.08.